The second-order valence-corrected chi connectivity index (χ2v) is 2.42. The summed E-state index contributed by atoms with van der Waals surface area (Å²) in [6, 6.07) is 0. The molecule has 0 aliphatic carbocycles. The molecule has 0 aliphatic rings. The van der Waals surface area contributed by atoms with Crippen LogP contribution in [0.2, 0.25) is 0 Å². The lowest BCUT2D eigenvalue weighted by atomic mass is 10.2. The molecule has 0 N–H and O–H groups in total. The Balaban J connectivity index is 2.84. The number of rotatable bonds is 2. The molecule has 0 fully saturated rings. The van der Waals surface area contributed by atoms with Crippen LogP contribution in [-0.4, -0.2) is 10.2 Å². The second kappa shape index (κ2) is 3.32. The van der Waals surface area contributed by atoms with Crippen LogP contribution in [0.1, 0.15) is 32.0 Å². The van der Waals surface area contributed by atoms with Crippen LogP contribution in [-0.2, 0) is 0 Å². The zero-order chi connectivity index (χ0) is 8.27. The van der Waals surface area contributed by atoms with Gasteiger partial charge in [0.25, 0.3) is 0 Å². The zero-order valence-electron chi connectivity index (χ0n) is 7.09. The quantitative estimate of drug-likeness (QED) is 0.652. The maximum absolute atomic E-state index is 5.21. The molecule has 0 amide bonds. The van der Waals surface area contributed by atoms with Gasteiger partial charge in [0.2, 0.25) is 11.8 Å². The summed E-state index contributed by atoms with van der Waals surface area (Å²) in [5, 5.41) is 7.61. The normalized spacial score (nSPS) is 12.1. The van der Waals surface area contributed by atoms with Gasteiger partial charge in [0.1, 0.15) is 0 Å². The van der Waals surface area contributed by atoms with E-state index in [0.717, 1.165) is 12.0 Å². The fourth-order valence-corrected chi connectivity index (χ4v) is 0.849. The largest absolute Gasteiger partial charge is 0.421 e. The van der Waals surface area contributed by atoms with E-state index in [1.165, 1.54) is 0 Å². The van der Waals surface area contributed by atoms with E-state index in [9.17, 15) is 0 Å². The molecule has 1 aromatic heterocycles. The van der Waals surface area contributed by atoms with Crippen molar-refractivity contribution in [3.05, 3.63) is 17.9 Å². The van der Waals surface area contributed by atoms with Crippen molar-refractivity contribution in [2.75, 3.05) is 0 Å². The van der Waals surface area contributed by atoms with Crippen LogP contribution in [0.5, 0.6) is 0 Å². The van der Waals surface area contributed by atoms with Crippen molar-refractivity contribution in [3.8, 4) is 0 Å². The topological polar surface area (TPSA) is 38.9 Å². The van der Waals surface area contributed by atoms with Crippen LogP contribution in [0.4, 0.5) is 0 Å². The molecule has 11 heavy (non-hydrogen) atoms. The first-order valence-electron chi connectivity index (χ1n) is 3.71. The average Bonchev–Trinajstić information content (AvgIpc) is 2.36. The summed E-state index contributed by atoms with van der Waals surface area (Å²) in [4.78, 5) is 0. The van der Waals surface area contributed by atoms with Gasteiger partial charge < -0.3 is 4.42 Å². The Kier molecular flexibility index (Phi) is 2.41. The van der Waals surface area contributed by atoms with Crippen LogP contribution in [0, 0.1) is 6.92 Å². The van der Waals surface area contributed by atoms with Crippen LogP contribution in [0.25, 0.3) is 5.57 Å². The Bertz CT molecular complexity index is 263. The van der Waals surface area contributed by atoms with E-state index in [4.69, 9.17) is 4.42 Å². The van der Waals surface area contributed by atoms with Crippen molar-refractivity contribution < 1.29 is 4.42 Å². The Labute approximate surface area is 66.1 Å². The fraction of sp³-hybridized carbons (Fsp3) is 0.500. The van der Waals surface area contributed by atoms with Gasteiger partial charge >= 0.3 is 0 Å². The number of allylic oxidation sites excluding steroid dienone is 2. The molecule has 0 aromatic carbocycles. The minimum atomic E-state index is 0.615. The average molecular weight is 152 g/mol. The van der Waals surface area contributed by atoms with Gasteiger partial charge in [-0.1, -0.05) is 13.0 Å². The summed E-state index contributed by atoms with van der Waals surface area (Å²) >= 11 is 0. The van der Waals surface area contributed by atoms with Gasteiger partial charge in [0.15, 0.2) is 0 Å². The number of aryl methyl sites for hydroxylation is 1. The van der Waals surface area contributed by atoms with Gasteiger partial charge in [-0.3, -0.25) is 0 Å². The van der Waals surface area contributed by atoms with Gasteiger partial charge in [-0.25, -0.2) is 0 Å². The van der Waals surface area contributed by atoms with E-state index >= 15 is 0 Å². The van der Waals surface area contributed by atoms with E-state index in [0.29, 0.717) is 11.8 Å². The summed E-state index contributed by atoms with van der Waals surface area (Å²) in [7, 11) is 0. The molecule has 3 heteroatoms. The predicted molar refractivity (Wildman–Crippen MR) is 43.0 cm³/mol. The second-order valence-electron chi connectivity index (χ2n) is 2.42. The monoisotopic (exact) mass is 152 g/mol. The van der Waals surface area contributed by atoms with Gasteiger partial charge in [-0.2, -0.15) is 0 Å². The molecule has 0 saturated carbocycles. The van der Waals surface area contributed by atoms with E-state index in [-0.39, 0.29) is 0 Å². The molecule has 60 valence electrons. The minimum absolute atomic E-state index is 0.615. The van der Waals surface area contributed by atoms with E-state index in [2.05, 4.69) is 23.2 Å². The zero-order valence-corrected chi connectivity index (χ0v) is 7.09. The highest BCUT2D eigenvalue weighted by Gasteiger charge is 2.02. The summed E-state index contributed by atoms with van der Waals surface area (Å²) in [5.41, 5.74) is 1.05. The van der Waals surface area contributed by atoms with Crippen molar-refractivity contribution in [1.29, 1.82) is 0 Å². The molecule has 0 bridgehead atoms. The number of nitrogens with zero attached hydrogens (tertiary/aromatic N) is 2. The Morgan fingerprint density at radius 1 is 1.55 bits per heavy atom. The maximum atomic E-state index is 5.21. The van der Waals surface area contributed by atoms with Gasteiger partial charge in [-0.15, -0.1) is 10.2 Å². The number of hydrogen-bond donors (Lipinski definition) is 0. The lowest BCUT2D eigenvalue weighted by molar-refractivity contribution is 0.505. The van der Waals surface area contributed by atoms with Gasteiger partial charge in [0.05, 0.1) is 0 Å². The smallest absolute Gasteiger partial charge is 0.243 e. The fourth-order valence-electron chi connectivity index (χ4n) is 0.849. The van der Waals surface area contributed by atoms with E-state index in [1.807, 2.05) is 6.92 Å². The first-order valence-corrected chi connectivity index (χ1v) is 3.71. The Hall–Kier alpha value is -1.12. The highest BCUT2D eigenvalue weighted by atomic mass is 16.4. The van der Waals surface area contributed by atoms with Crippen molar-refractivity contribution in [1.82, 2.24) is 10.2 Å². The molecule has 1 aromatic rings. The van der Waals surface area contributed by atoms with Crippen molar-refractivity contribution >= 4 is 5.57 Å². The van der Waals surface area contributed by atoms with Crippen LogP contribution in [0.3, 0.4) is 0 Å². The van der Waals surface area contributed by atoms with E-state index < -0.39 is 0 Å². The minimum Gasteiger partial charge on any atom is -0.421 e. The summed E-state index contributed by atoms with van der Waals surface area (Å²) in [5.74, 6) is 1.24. The lowest BCUT2D eigenvalue weighted by Crippen LogP contribution is -1.78. The van der Waals surface area contributed by atoms with E-state index in [1.54, 1.807) is 6.92 Å². The maximum Gasteiger partial charge on any atom is 0.243 e. The summed E-state index contributed by atoms with van der Waals surface area (Å²) in [6.07, 6.45) is 3.06. The molecule has 0 saturated heterocycles. The molecule has 0 atom stereocenters. The molecule has 1 heterocycles. The number of hydrogen-bond acceptors (Lipinski definition) is 3. The highest BCUT2D eigenvalue weighted by Crippen LogP contribution is 2.11. The Morgan fingerprint density at radius 2 is 2.27 bits per heavy atom. The summed E-state index contributed by atoms with van der Waals surface area (Å²) in [6.45, 7) is 5.83. The third-order valence-electron chi connectivity index (χ3n) is 1.37. The van der Waals surface area contributed by atoms with Crippen molar-refractivity contribution in [2.45, 2.75) is 27.2 Å². The van der Waals surface area contributed by atoms with Gasteiger partial charge in [0, 0.05) is 12.5 Å². The summed E-state index contributed by atoms with van der Waals surface area (Å²) < 4.78 is 5.21. The lowest BCUT2D eigenvalue weighted by Gasteiger charge is -1.89. The van der Waals surface area contributed by atoms with Crippen molar-refractivity contribution in [3.63, 3.8) is 0 Å². The molecule has 1 rings (SSSR count). The van der Waals surface area contributed by atoms with Crippen LogP contribution >= 0.6 is 0 Å². The highest BCUT2D eigenvalue weighted by molar-refractivity contribution is 5.55. The predicted octanol–water partition coefficient (Wildman–Crippen LogP) is 2.19. The molecule has 0 unspecified atom stereocenters. The first kappa shape index (κ1) is 7.98. The molecule has 0 aliphatic heterocycles. The first-order chi connectivity index (χ1) is 5.24. The molecule has 0 radical (unpaired) electrons. The molecular formula is C8H12N2O. The van der Waals surface area contributed by atoms with Gasteiger partial charge in [-0.05, 0) is 13.3 Å². The number of aromatic nitrogens is 2. The third-order valence-corrected chi connectivity index (χ3v) is 1.37. The molecular weight excluding hydrogens is 140 g/mol. The Morgan fingerprint density at radius 3 is 2.73 bits per heavy atom. The standard InChI is InChI=1S/C8H12N2O/c1-4-5-6(2)8-10-9-7(3)11-8/h5H,4H2,1-3H3/b6-5-. The molecule has 3 nitrogen and oxygen atoms in total. The van der Waals surface area contributed by atoms with Crippen LogP contribution < -0.4 is 0 Å². The molecule has 0 spiro atoms. The van der Waals surface area contributed by atoms with Crippen LogP contribution in [0.15, 0.2) is 10.5 Å². The third kappa shape index (κ3) is 1.90. The van der Waals surface area contributed by atoms with Crippen molar-refractivity contribution in [2.24, 2.45) is 0 Å². The SMILES string of the molecule is CC/C=C(/C)c1nnc(C)o1.